The van der Waals surface area contributed by atoms with Crippen LogP contribution in [0.5, 0.6) is 5.75 Å². The first-order valence-corrected chi connectivity index (χ1v) is 8.90. The van der Waals surface area contributed by atoms with Gasteiger partial charge in [0.15, 0.2) is 5.96 Å². The Morgan fingerprint density at radius 1 is 1.19 bits per heavy atom. The number of benzene rings is 1. The lowest BCUT2D eigenvalue weighted by Crippen LogP contribution is -2.39. The van der Waals surface area contributed by atoms with E-state index in [-0.39, 0.29) is 24.0 Å². The van der Waals surface area contributed by atoms with E-state index >= 15 is 0 Å². The lowest BCUT2D eigenvalue weighted by molar-refractivity contribution is 0.322. The topological polar surface area (TPSA) is 63.5 Å². The zero-order valence-corrected chi connectivity index (χ0v) is 18.2. The monoisotopic (exact) mass is 471 g/mol. The highest BCUT2D eigenvalue weighted by molar-refractivity contribution is 14.0. The van der Waals surface area contributed by atoms with Gasteiger partial charge < -0.3 is 15.4 Å². The molecule has 0 radical (unpaired) electrons. The number of hydrogen-bond donors (Lipinski definition) is 2. The van der Waals surface area contributed by atoms with Gasteiger partial charge in [-0.3, -0.25) is 9.67 Å². The lowest BCUT2D eigenvalue weighted by atomic mass is 10.3. The molecule has 1 aromatic carbocycles. The second-order valence-corrected chi connectivity index (χ2v) is 5.85. The van der Waals surface area contributed by atoms with Crippen LogP contribution in [-0.2, 0) is 6.54 Å². The third-order valence-corrected chi connectivity index (χ3v) is 3.65. The lowest BCUT2D eigenvalue weighted by Gasteiger charge is -2.12. The van der Waals surface area contributed by atoms with Gasteiger partial charge in [-0.1, -0.05) is 18.2 Å². The zero-order valence-electron chi connectivity index (χ0n) is 15.9. The molecule has 0 bridgehead atoms. The van der Waals surface area contributed by atoms with Gasteiger partial charge in [0, 0.05) is 25.3 Å². The molecule has 0 atom stereocenters. The van der Waals surface area contributed by atoms with Gasteiger partial charge in [-0.25, -0.2) is 0 Å². The molecular weight excluding hydrogens is 441 g/mol. The number of hydrogen-bond acceptors (Lipinski definition) is 3. The summed E-state index contributed by atoms with van der Waals surface area (Å²) in [5.41, 5.74) is 2.26. The Labute approximate surface area is 173 Å². The van der Waals surface area contributed by atoms with Gasteiger partial charge in [-0.15, -0.1) is 24.0 Å². The molecule has 0 aliphatic rings. The molecule has 0 saturated heterocycles. The van der Waals surface area contributed by atoms with Gasteiger partial charge in [-0.05, 0) is 45.4 Å². The highest BCUT2D eigenvalue weighted by atomic mass is 127. The van der Waals surface area contributed by atoms with Crippen LogP contribution in [0.4, 0.5) is 0 Å². The number of nitrogens with zero attached hydrogens (tertiary/aromatic N) is 3. The van der Waals surface area contributed by atoms with Gasteiger partial charge in [0.1, 0.15) is 12.4 Å². The number of aliphatic imine (C=N–C) groups is 1. The highest BCUT2D eigenvalue weighted by Gasteiger charge is 2.01. The fourth-order valence-corrected chi connectivity index (χ4v) is 2.51. The second kappa shape index (κ2) is 12.6. The van der Waals surface area contributed by atoms with Crippen molar-refractivity contribution in [2.45, 2.75) is 33.7 Å². The van der Waals surface area contributed by atoms with E-state index in [1.807, 2.05) is 41.9 Å². The molecule has 6 nitrogen and oxygen atoms in total. The molecule has 1 heterocycles. The number of halogens is 1. The van der Waals surface area contributed by atoms with E-state index in [2.05, 4.69) is 40.6 Å². The minimum Gasteiger partial charge on any atom is -0.492 e. The third kappa shape index (κ3) is 8.07. The Kier molecular flexibility index (Phi) is 10.8. The quantitative estimate of drug-likeness (QED) is 0.255. The predicted octanol–water partition coefficient (Wildman–Crippen LogP) is 3.14. The number of aryl methyl sites for hydroxylation is 3. The van der Waals surface area contributed by atoms with E-state index in [9.17, 15) is 0 Å². The molecule has 144 valence electrons. The van der Waals surface area contributed by atoms with Crippen LogP contribution >= 0.6 is 24.0 Å². The van der Waals surface area contributed by atoms with E-state index < -0.39 is 0 Å². The van der Waals surface area contributed by atoms with Crippen LogP contribution in [0, 0.1) is 13.8 Å². The number of aromatic nitrogens is 2. The average molecular weight is 471 g/mol. The van der Waals surface area contributed by atoms with Crippen LogP contribution in [0.3, 0.4) is 0 Å². The van der Waals surface area contributed by atoms with Crippen LogP contribution in [0.15, 0.2) is 41.4 Å². The molecule has 7 heteroatoms. The van der Waals surface area contributed by atoms with Crippen molar-refractivity contribution < 1.29 is 4.74 Å². The molecule has 0 fully saturated rings. The summed E-state index contributed by atoms with van der Waals surface area (Å²) in [7, 11) is 0. The molecule has 2 aromatic rings. The van der Waals surface area contributed by atoms with Crippen LogP contribution < -0.4 is 15.4 Å². The van der Waals surface area contributed by atoms with Crippen molar-refractivity contribution in [3.8, 4) is 5.75 Å². The fraction of sp³-hybridized carbons (Fsp3) is 0.474. The van der Waals surface area contributed by atoms with E-state index in [1.165, 1.54) is 5.69 Å². The molecule has 0 aliphatic carbocycles. The first-order valence-electron chi connectivity index (χ1n) is 8.90. The van der Waals surface area contributed by atoms with Crippen LogP contribution in [0.2, 0.25) is 0 Å². The summed E-state index contributed by atoms with van der Waals surface area (Å²) in [5.74, 6) is 1.71. The van der Waals surface area contributed by atoms with Crippen LogP contribution in [-0.4, -0.2) is 42.0 Å². The maximum absolute atomic E-state index is 5.68. The van der Waals surface area contributed by atoms with Crippen molar-refractivity contribution in [3.63, 3.8) is 0 Å². The van der Waals surface area contributed by atoms with Crippen molar-refractivity contribution >= 4 is 29.9 Å². The maximum atomic E-state index is 5.68. The van der Waals surface area contributed by atoms with E-state index in [0.717, 1.165) is 43.5 Å². The molecule has 0 aliphatic heterocycles. The van der Waals surface area contributed by atoms with Crippen molar-refractivity contribution in [3.05, 3.63) is 47.8 Å². The van der Waals surface area contributed by atoms with Crippen molar-refractivity contribution in [2.75, 3.05) is 26.2 Å². The van der Waals surface area contributed by atoms with Gasteiger partial charge in [-0.2, -0.15) is 5.10 Å². The first-order chi connectivity index (χ1) is 12.2. The molecule has 0 spiro atoms. The second-order valence-electron chi connectivity index (χ2n) is 5.85. The molecule has 26 heavy (non-hydrogen) atoms. The van der Waals surface area contributed by atoms with Crippen LogP contribution in [0.1, 0.15) is 24.7 Å². The summed E-state index contributed by atoms with van der Waals surface area (Å²) in [6.07, 6.45) is 0.957. The third-order valence-electron chi connectivity index (χ3n) is 3.65. The number of rotatable bonds is 9. The standard InChI is InChI=1S/C19H29N5O.HI/c1-4-20-19(22-12-14-25-18-9-6-5-7-10-18)21-11-8-13-24-17(3)15-16(2)23-24;/h5-7,9-10,15H,4,8,11-14H2,1-3H3,(H2,20,21,22);1H. The molecule has 0 unspecified atom stereocenters. The van der Waals surface area contributed by atoms with E-state index in [1.54, 1.807) is 0 Å². The summed E-state index contributed by atoms with van der Waals surface area (Å²) in [6, 6.07) is 11.9. The summed E-state index contributed by atoms with van der Waals surface area (Å²) in [5, 5.41) is 11.0. The zero-order chi connectivity index (χ0) is 17.9. The van der Waals surface area contributed by atoms with Crippen molar-refractivity contribution in [1.82, 2.24) is 20.4 Å². The molecule has 0 amide bonds. The summed E-state index contributed by atoms with van der Waals surface area (Å²) < 4.78 is 7.72. The number of nitrogens with one attached hydrogen (secondary N) is 2. The van der Waals surface area contributed by atoms with Crippen molar-refractivity contribution in [1.29, 1.82) is 0 Å². The van der Waals surface area contributed by atoms with Gasteiger partial charge in [0.2, 0.25) is 0 Å². The Morgan fingerprint density at radius 3 is 2.62 bits per heavy atom. The largest absolute Gasteiger partial charge is 0.492 e. The van der Waals surface area contributed by atoms with Crippen molar-refractivity contribution in [2.24, 2.45) is 4.99 Å². The molecule has 1 aromatic heterocycles. The summed E-state index contributed by atoms with van der Waals surface area (Å²) in [4.78, 5) is 4.61. The minimum absolute atomic E-state index is 0. The van der Waals surface area contributed by atoms with Gasteiger partial charge >= 0.3 is 0 Å². The predicted molar refractivity (Wildman–Crippen MR) is 118 cm³/mol. The molecular formula is C19H30IN5O. The number of guanidine groups is 1. The van der Waals surface area contributed by atoms with Gasteiger partial charge in [0.05, 0.1) is 12.2 Å². The normalized spacial score (nSPS) is 11.0. The Morgan fingerprint density at radius 2 is 1.96 bits per heavy atom. The highest BCUT2D eigenvalue weighted by Crippen LogP contribution is 2.07. The van der Waals surface area contributed by atoms with Crippen LogP contribution in [0.25, 0.3) is 0 Å². The Balaban J connectivity index is 0.00000338. The van der Waals surface area contributed by atoms with E-state index in [0.29, 0.717) is 13.2 Å². The molecule has 0 saturated carbocycles. The number of ether oxygens (including phenoxy) is 1. The van der Waals surface area contributed by atoms with E-state index in [4.69, 9.17) is 4.74 Å². The fourth-order valence-electron chi connectivity index (χ4n) is 2.51. The maximum Gasteiger partial charge on any atom is 0.191 e. The average Bonchev–Trinajstić information content (AvgIpc) is 2.93. The SMILES string of the molecule is CCNC(=NCCCn1nc(C)cc1C)NCCOc1ccccc1.I. The smallest absolute Gasteiger partial charge is 0.191 e. The minimum atomic E-state index is 0. The molecule has 2 rings (SSSR count). The number of para-hydroxylation sites is 1. The first kappa shape index (κ1) is 22.3. The Bertz CT molecular complexity index is 657. The summed E-state index contributed by atoms with van der Waals surface area (Å²) >= 11 is 0. The molecule has 2 N–H and O–H groups in total. The van der Waals surface area contributed by atoms with Gasteiger partial charge in [0.25, 0.3) is 0 Å². The Hall–Kier alpha value is -1.77. The summed E-state index contributed by atoms with van der Waals surface area (Å²) in [6.45, 7) is 9.95.